The van der Waals surface area contributed by atoms with Gasteiger partial charge in [0, 0.05) is 30.3 Å². The molecule has 0 saturated heterocycles. The first-order valence-corrected chi connectivity index (χ1v) is 6.71. The summed E-state index contributed by atoms with van der Waals surface area (Å²) < 4.78 is 5.02. The Bertz CT molecular complexity index is 683. The third kappa shape index (κ3) is 4.01. The number of rotatable bonds is 5. The van der Waals surface area contributed by atoms with Crippen LogP contribution in [0.25, 0.3) is 0 Å². The minimum Gasteiger partial charge on any atom is -0.361 e. The molecular weight excluding hydrogens is 272 g/mol. The smallest absolute Gasteiger partial charge is 0.251 e. The maximum absolute atomic E-state index is 11.9. The average molecular weight is 290 g/mol. The van der Waals surface area contributed by atoms with Crippen LogP contribution in [0.5, 0.6) is 0 Å². The van der Waals surface area contributed by atoms with E-state index >= 15 is 0 Å². The van der Waals surface area contributed by atoms with E-state index in [-0.39, 0.29) is 17.9 Å². The highest BCUT2D eigenvalue weighted by Gasteiger charge is 2.13. The van der Waals surface area contributed by atoms with Gasteiger partial charge in [0.1, 0.15) is 11.6 Å². The van der Waals surface area contributed by atoms with Gasteiger partial charge in [0.05, 0.1) is 12.1 Å². The number of nitrogens with one attached hydrogen (secondary N) is 2. The summed E-state index contributed by atoms with van der Waals surface area (Å²) in [6.07, 6.45) is 0.712. The van der Waals surface area contributed by atoms with Crippen molar-refractivity contribution in [1.29, 1.82) is 0 Å². The van der Waals surface area contributed by atoms with Crippen LogP contribution in [0.4, 0.5) is 0 Å². The highest BCUT2D eigenvalue weighted by atomic mass is 16.5. The predicted molar refractivity (Wildman–Crippen MR) is 76.0 cm³/mol. The van der Waals surface area contributed by atoms with Gasteiger partial charge in [-0.1, -0.05) is 5.16 Å². The molecule has 0 radical (unpaired) electrons. The van der Waals surface area contributed by atoms with Crippen LogP contribution in [0.2, 0.25) is 0 Å². The molecule has 2 N–H and O–H groups in total. The summed E-state index contributed by atoms with van der Waals surface area (Å²) in [7, 11) is 0. The van der Waals surface area contributed by atoms with Gasteiger partial charge in [-0.25, -0.2) is 4.98 Å². The molecule has 0 aliphatic rings. The fourth-order valence-electron chi connectivity index (χ4n) is 2.06. The molecule has 0 saturated carbocycles. The Morgan fingerprint density at radius 3 is 2.76 bits per heavy atom. The molecule has 7 heteroatoms. The van der Waals surface area contributed by atoms with Gasteiger partial charge in [0.2, 0.25) is 5.91 Å². The highest BCUT2D eigenvalue weighted by molar-refractivity contribution is 5.78. The van der Waals surface area contributed by atoms with Crippen molar-refractivity contribution in [1.82, 2.24) is 20.4 Å². The number of amides is 1. The van der Waals surface area contributed by atoms with Crippen molar-refractivity contribution in [2.75, 3.05) is 6.54 Å². The van der Waals surface area contributed by atoms with Crippen molar-refractivity contribution in [2.45, 2.75) is 33.6 Å². The van der Waals surface area contributed by atoms with E-state index in [1.807, 2.05) is 0 Å². The summed E-state index contributed by atoms with van der Waals surface area (Å²) >= 11 is 0. The lowest BCUT2D eigenvalue weighted by Gasteiger charge is -2.05. The lowest BCUT2D eigenvalue weighted by Crippen LogP contribution is -2.28. The number of nitrogens with zero attached hydrogens (tertiary/aromatic N) is 2. The maximum atomic E-state index is 11.9. The molecule has 0 atom stereocenters. The Morgan fingerprint density at radius 1 is 1.38 bits per heavy atom. The lowest BCUT2D eigenvalue weighted by atomic mass is 10.1. The summed E-state index contributed by atoms with van der Waals surface area (Å²) in [4.78, 5) is 30.0. The molecule has 0 aromatic carbocycles. The molecule has 2 aromatic rings. The Balaban J connectivity index is 1.86. The van der Waals surface area contributed by atoms with Gasteiger partial charge in [0.15, 0.2) is 0 Å². The molecule has 21 heavy (non-hydrogen) atoms. The van der Waals surface area contributed by atoms with Gasteiger partial charge < -0.3 is 14.8 Å². The van der Waals surface area contributed by atoms with E-state index in [0.29, 0.717) is 30.2 Å². The molecule has 0 spiro atoms. The first-order chi connectivity index (χ1) is 9.95. The van der Waals surface area contributed by atoms with E-state index in [4.69, 9.17) is 4.52 Å². The molecule has 2 rings (SSSR count). The number of H-pyrrole nitrogens is 1. The molecule has 2 aromatic heterocycles. The minimum atomic E-state index is -0.181. The van der Waals surface area contributed by atoms with E-state index in [1.165, 1.54) is 6.07 Å². The Labute approximate surface area is 121 Å². The van der Waals surface area contributed by atoms with Crippen LogP contribution in [-0.2, 0) is 17.6 Å². The van der Waals surface area contributed by atoms with Crippen LogP contribution in [0, 0.1) is 20.8 Å². The topological polar surface area (TPSA) is 101 Å². The fourth-order valence-corrected chi connectivity index (χ4v) is 2.06. The fraction of sp³-hybridized carbons (Fsp3) is 0.429. The molecule has 0 bridgehead atoms. The van der Waals surface area contributed by atoms with Crippen LogP contribution < -0.4 is 10.9 Å². The molecule has 0 unspecified atom stereocenters. The molecule has 7 nitrogen and oxygen atoms in total. The second kappa shape index (κ2) is 6.34. The number of aromatic amines is 1. The van der Waals surface area contributed by atoms with Gasteiger partial charge in [-0.3, -0.25) is 9.59 Å². The normalized spacial score (nSPS) is 10.6. The molecule has 112 valence electrons. The largest absolute Gasteiger partial charge is 0.361 e. The van der Waals surface area contributed by atoms with Crippen LogP contribution in [0.15, 0.2) is 15.4 Å². The van der Waals surface area contributed by atoms with E-state index in [2.05, 4.69) is 20.4 Å². The van der Waals surface area contributed by atoms with Gasteiger partial charge in [-0.05, 0) is 20.8 Å². The molecule has 1 amide bonds. The quantitative estimate of drug-likeness (QED) is 0.839. The number of carbonyl (C=O) groups is 1. The number of carbonyl (C=O) groups excluding carboxylic acids is 1. The lowest BCUT2D eigenvalue weighted by molar-refractivity contribution is -0.120. The third-order valence-electron chi connectivity index (χ3n) is 3.12. The van der Waals surface area contributed by atoms with Crippen LogP contribution in [0.3, 0.4) is 0 Å². The van der Waals surface area contributed by atoms with Gasteiger partial charge in [0.25, 0.3) is 5.56 Å². The second-order valence-corrected chi connectivity index (χ2v) is 4.91. The first-order valence-electron chi connectivity index (χ1n) is 6.71. The van der Waals surface area contributed by atoms with E-state index in [0.717, 1.165) is 11.3 Å². The molecule has 2 heterocycles. The summed E-state index contributed by atoms with van der Waals surface area (Å²) in [6.45, 7) is 5.76. The highest BCUT2D eigenvalue weighted by Crippen LogP contribution is 2.12. The summed E-state index contributed by atoms with van der Waals surface area (Å²) in [6, 6.07) is 1.43. The Morgan fingerprint density at radius 2 is 2.14 bits per heavy atom. The van der Waals surface area contributed by atoms with Gasteiger partial charge in [-0.2, -0.15) is 0 Å². The Hall–Kier alpha value is -2.44. The van der Waals surface area contributed by atoms with Gasteiger partial charge in [-0.15, -0.1) is 0 Å². The predicted octanol–water partition coefficient (Wildman–Crippen LogP) is 0.585. The van der Waals surface area contributed by atoms with Gasteiger partial charge >= 0.3 is 0 Å². The summed E-state index contributed by atoms with van der Waals surface area (Å²) in [5, 5.41) is 6.60. The van der Waals surface area contributed by atoms with Crippen molar-refractivity contribution in [3.8, 4) is 0 Å². The average Bonchev–Trinajstić information content (AvgIpc) is 2.69. The zero-order valence-corrected chi connectivity index (χ0v) is 12.3. The summed E-state index contributed by atoms with van der Waals surface area (Å²) in [5.41, 5.74) is 2.03. The number of hydrogen-bond donors (Lipinski definition) is 2. The number of aromatic nitrogens is 3. The monoisotopic (exact) mass is 290 g/mol. The maximum Gasteiger partial charge on any atom is 0.251 e. The van der Waals surface area contributed by atoms with E-state index in [9.17, 15) is 9.59 Å². The van der Waals surface area contributed by atoms with E-state index < -0.39 is 0 Å². The zero-order chi connectivity index (χ0) is 15.4. The summed E-state index contributed by atoms with van der Waals surface area (Å²) in [5.74, 6) is 1.12. The third-order valence-corrected chi connectivity index (χ3v) is 3.12. The van der Waals surface area contributed by atoms with Crippen molar-refractivity contribution < 1.29 is 9.32 Å². The SMILES string of the molecule is Cc1cc(=O)[nH]c(CCNC(=O)Cc2c(C)noc2C)n1. The van der Waals surface area contributed by atoms with Crippen molar-refractivity contribution in [3.63, 3.8) is 0 Å². The second-order valence-electron chi connectivity index (χ2n) is 4.91. The number of aryl methyl sites for hydroxylation is 3. The Kier molecular flexibility index (Phi) is 4.52. The first kappa shape index (κ1) is 15.0. The van der Waals surface area contributed by atoms with Crippen molar-refractivity contribution >= 4 is 5.91 Å². The van der Waals surface area contributed by atoms with Crippen molar-refractivity contribution in [2.24, 2.45) is 0 Å². The van der Waals surface area contributed by atoms with Crippen LogP contribution in [-0.4, -0.2) is 27.6 Å². The van der Waals surface area contributed by atoms with E-state index in [1.54, 1.807) is 20.8 Å². The zero-order valence-electron chi connectivity index (χ0n) is 12.3. The number of hydrogen-bond acceptors (Lipinski definition) is 5. The van der Waals surface area contributed by atoms with Crippen LogP contribution in [0.1, 0.15) is 28.5 Å². The molecule has 0 aliphatic heterocycles. The molecular formula is C14H18N4O3. The molecule has 0 aliphatic carbocycles. The molecule has 0 fully saturated rings. The van der Waals surface area contributed by atoms with Crippen molar-refractivity contribution in [3.05, 3.63) is 45.0 Å². The standard InChI is InChI=1S/C14H18N4O3/c1-8-6-14(20)17-12(16-8)4-5-15-13(19)7-11-9(2)18-21-10(11)3/h6H,4-5,7H2,1-3H3,(H,15,19)(H,16,17,20). The minimum absolute atomic E-state index is 0.112. The van der Waals surface area contributed by atoms with Crippen LogP contribution >= 0.6 is 0 Å².